The highest BCUT2D eigenvalue weighted by atomic mass is 16.5. The van der Waals surface area contributed by atoms with Crippen LogP contribution in [0, 0.1) is 5.92 Å². The van der Waals surface area contributed by atoms with Crippen molar-refractivity contribution in [3.8, 4) is 5.75 Å². The molecule has 2 heterocycles. The van der Waals surface area contributed by atoms with Gasteiger partial charge in [0.1, 0.15) is 11.3 Å². The Morgan fingerprint density at radius 2 is 2.00 bits per heavy atom. The molecule has 0 radical (unpaired) electrons. The Morgan fingerprint density at radius 1 is 1.23 bits per heavy atom. The Morgan fingerprint density at radius 3 is 2.73 bits per heavy atom. The lowest BCUT2D eigenvalue weighted by atomic mass is 9.84. The molecule has 7 heteroatoms. The van der Waals surface area contributed by atoms with Crippen molar-refractivity contribution in [2.75, 3.05) is 40.0 Å². The largest absolute Gasteiger partial charge is 0.494 e. The lowest BCUT2D eigenvalue weighted by Gasteiger charge is -2.28. The van der Waals surface area contributed by atoms with Crippen LogP contribution in [0.15, 0.2) is 18.2 Å². The molecule has 1 atom stereocenters. The summed E-state index contributed by atoms with van der Waals surface area (Å²) in [5.41, 5.74) is 1.39. The lowest BCUT2D eigenvalue weighted by molar-refractivity contribution is 0.0361. The highest BCUT2D eigenvalue weighted by molar-refractivity contribution is 6.06. The number of carbonyl (C=O) groups is 1. The molecule has 4 rings (SSSR count). The van der Waals surface area contributed by atoms with E-state index in [1.54, 1.807) is 7.11 Å². The number of methoxy groups -OCH3 is 1. The molecule has 2 aromatic rings. The number of amides is 1. The zero-order valence-electron chi connectivity index (χ0n) is 18.2. The minimum Gasteiger partial charge on any atom is -0.494 e. The number of nitrogens with zero attached hydrogens (tertiary/aromatic N) is 3. The molecule has 164 valence electrons. The van der Waals surface area contributed by atoms with E-state index in [0.717, 1.165) is 49.5 Å². The molecule has 1 amide bonds. The number of nitrogens with one attached hydrogen (secondary N) is 1. The third-order valence-electron chi connectivity index (χ3n) is 6.62. The van der Waals surface area contributed by atoms with Gasteiger partial charge in [0, 0.05) is 31.1 Å². The summed E-state index contributed by atoms with van der Waals surface area (Å²) >= 11 is 0. The van der Waals surface area contributed by atoms with Gasteiger partial charge in [0.25, 0.3) is 5.91 Å². The van der Waals surface area contributed by atoms with Gasteiger partial charge in [-0.1, -0.05) is 31.4 Å². The monoisotopic (exact) mass is 414 g/mol. The van der Waals surface area contributed by atoms with E-state index in [4.69, 9.17) is 14.6 Å². The van der Waals surface area contributed by atoms with Gasteiger partial charge >= 0.3 is 0 Å². The van der Waals surface area contributed by atoms with Crippen LogP contribution < -0.4 is 10.1 Å². The van der Waals surface area contributed by atoms with Crippen molar-refractivity contribution in [3.05, 3.63) is 23.9 Å². The Labute approximate surface area is 178 Å². The molecular weight excluding hydrogens is 380 g/mol. The van der Waals surface area contributed by atoms with Crippen LogP contribution in [0.4, 0.5) is 0 Å². The van der Waals surface area contributed by atoms with Crippen molar-refractivity contribution in [1.82, 2.24) is 20.0 Å². The minimum atomic E-state index is -0.0866. The molecule has 2 fully saturated rings. The van der Waals surface area contributed by atoms with Gasteiger partial charge in [-0.25, -0.2) is 0 Å². The maximum Gasteiger partial charge on any atom is 0.272 e. The van der Waals surface area contributed by atoms with Gasteiger partial charge in [0.15, 0.2) is 5.69 Å². The summed E-state index contributed by atoms with van der Waals surface area (Å²) in [5, 5.41) is 8.83. The fraction of sp³-hybridized carbons (Fsp3) is 0.652. The van der Waals surface area contributed by atoms with Gasteiger partial charge in [-0.3, -0.25) is 14.4 Å². The van der Waals surface area contributed by atoms with E-state index < -0.39 is 0 Å². The summed E-state index contributed by atoms with van der Waals surface area (Å²) in [4.78, 5) is 15.5. The Kier molecular flexibility index (Phi) is 6.89. The first kappa shape index (κ1) is 21.1. The van der Waals surface area contributed by atoms with Gasteiger partial charge < -0.3 is 14.8 Å². The van der Waals surface area contributed by atoms with Gasteiger partial charge in [0.05, 0.1) is 26.9 Å². The van der Waals surface area contributed by atoms with E-state index in [1.165, 1.54) is 32.1 Å². The highest BCUT2D eigenvalue weighted by Gasteiger charge is 2.25. The summed E-state index contributed by atoms with van der Waals surface area (Å²) in [6, 6.07) is 5.99. The van der Waals surface area contributed by atoms with Crippen LogP contribution in [0.5, 0.6) is 5.75 Å². The van der Waals surface area contributed by atoms with Gasteiger partial charge in [-0.15, -0.1) is 0 Å². The topological polar surface area (TPSA) is 68.6 Å². The number of aromatic nitrogens is 2. The van der Waals surface area contributed by atoms with E-state index in [0.29, 0.717) is 18.2 Å². The molecule has 0 bridgehead atoms. The van der Waals surface area contributed by atoms with E-state index in [-0.39, 0.29) is 11.9 Å². The second-order valence-corrected chi connectivity index (χ2v) is 8.54. The van der Waals surface area contributed by atoms with Crippen molar-refractivity contribution in [2.45, 2.75) is 51.6 Å². The summed E-state index contributed by atoms with van der Waals surface area (Å²) < 4.78 is 13.0. The van der Waals surface area contributed by atoms with Crippen molar-refractivity contribution < 1.29 is 14.3 Å². The van der Waals surface area contributed by atoms with Crippen LogP contribution in [-0.2, 0) is 11.3 Å². The second-order valence-electron chi connectivity index (χ2n) is 8.54. The molecule has 1 aromatic heterocycles. The van der Waals surface area contributed by atoms with Gasteiger partial charge in [-0.05, 0) is 31.7 Å². The molecule has 2 aliphatic rings. The lowest BCUT2D eigenvalue weighted by Crippen LogP contribution is -2.39. The van der Waals surface area contributed by atoms with E-state index in [9.17, 15) is 4.79 Å². The highest BCUT2D eigenvalue weighted by Crippen LogP contribution is 2.29. The molecule has 1 aromatic carbocycles. The molecule has 1 aliphatic carbocycles. The summed E-state index contributed by atoms with van der Waals surface area (Å²) in [5.74, 6) is 1.23. The van der Waals surface area contributed by atoms with Crippen molar-refractivity contribution >= 4 is 16.8 Å². The first-order valence-corrected chi connectivity index (χ1v) is 11.3. The van der Waals surface area contributed by atoms with Crippen molar-refractivity contribution in [3.63, 3.8) is 0 Å². The van der Waals surface area contributed by atoms with Crippen LogP contribution in [0.1, 0.15) is 49.5 Å². The molecule has 30 heavy (non-hydrogen) atoms. The van der Waals surface area contributed by atoms with E-state index in [2.05, 4.69) is 17.1 Å². The molecule has 1 N–H and O–H groups in total. The molecular formula is C23H34N4O3. The van der Waals surface area contributed by atoms with Crippen molar-refractivity contribution in [1.29, 1.82) is 0 Å². The van der Waals surface area contributed by atoms with E-state index in [1.807, 2.05) is 22.9 Å². The number of fused-ring (bicyclic) bond motifs is 1. The van der Waals surface area contributed by atoms with Gasteiger partial charge in [-0.2, -0.15) is 5.10 Å². The first-order valence-electron chi connectivity index (χ1n) is 11.3. The molecule has 0 spiro atoms. The van der Waals surface area contributed by atoms with Crippen LogP contribution >= 0.6 is 0 Å². The maximum absolute atomic E-state index is 13.2. The number of ether oxygens (including phenoxy) is 2. The maximum atomic E-state index is 13.2. The Bertz CT molecular complexity index is 853. The van der Waals surface area contributed by atoms with Crippen LogP contribution in [-0.4, -0.2) is 66.6 Å². The standard InChI is InChI=1S/C23H34N4O3/c1-17(18-7-4-3-5-8-18)24-23(28)21-19-9-6-10-20(29-2)22(19)27(25-21)12-11-26-13-15-30-16-14-26/h6,9-10,17-18H,3-5,7-8,11-16H2,1-2H3,(H,24,28). The summed E-state index contributed by atoms with van der Waals surface area (Å²) in [7, 11) is 1.67. The predicted molar refractivity (Wildman–Crippen MR) is 117 cm³/mol. The number of benzene rings is 1. The Balaban J connectivity index is 1.55. The summed E-state index contributed by atoms with van der Waals surface area (Å²) in [6.45, 7) is 7.13. The fourth-order valence-corrected chi connectivity index (χ4v) is 4.79. The number of hydrogen-bond acceptors (Lipinski definition) is 5. The molecule has 1 unspecified atom stereocenters. The van der Waals surface area contributed by atoms with Crippen LogP contribution in [0.2, 0.25) is 0 Å². The normalized spacial score (nSPS) is 19.7. The molecule has 1 saturated carbocycles. The average molecular weight is 415 g/mol. The van der Waals surface area contributed by atoms with Crippen LogP contribution in [0.3, 0.4) is 0 Å². The SMILES string of the molecule is COc1cccc2c(C(=O)NC(C)C3CCCCC3)nn(CCN3CCOCC3)c12. The molecule has 1 saturated heterocycles. The minimum absolute atomic E-state index is 0.0866. The third-order valence-corrected chi connectivity index (χ3v) is 6.62. The molecule has 7 nitrogen and oxygen atoms in total. The second kappa shape index (κ2) is 9.79. The number of hydrogen-bond donors (Lipinski definition) is 1. The van der Waals surface area contributed by atoms with Gasteiger partial charge in [0.2, 0.25) is 0 Å². The number of morpholine rings is 1. The zero-order chi connectivity index (χ0) is 20.9. The Hall–Kier alpha value is -2.12. The van der Waals surface area contributed by atoms with Crippen LogP contribution in [0.25, 0.3) is 10.9 Å². The zero-order valence-corrected chi connectivity index (χ0v) is 18.2. The van der Waals surface area contributed by atoms with Crippen molar-refractivity contribution in [2.24, 2.45) is 5.92 Å². The fourth-order valence-electron chi connectivity index (χ4n) is 4.79. The first-order chi connectivity index (χ1) is 14.7. The number of para-hydroxylation sites is 1. The number of carbonyl (C=O) groups excluding carboxylic acids is 1. The smallest absolute Gasteiger partial charge is 0.272 e. The van der Waals surface area contributed by atoms with E-state index >= 15 is 0 Å². The summed E-state index contributed by atoms with van der Waals surface area (Å²) in [6.07, 6.45) is 6.24. The predicted octanol–water partition coefficient (Wildman–Crippen LogP) is 3.08. The number of rotatable bonds is 7. The third kappa shape index (κ3) is 4.62. The average Bonchev–Trinajstić information content (AvgIpc) is 3.18. The quantitative estimate of drug-likeness (QED) is 0.754. The molecule has 1 aliphatic heterocycles.